The molecule has 1 aromatic heterocycles. The van der Waals surface area contributed by atoms with E-state index in [-0.39, 0.29) is 15.9 Å². The number of hydrogen-bond donors (Lipinski definition) is 0. The maximum Gasteiger partial charge on any atom is 0.137 e. The Labute approximate surface area is 104 Å². The molecule has 0 N–H and O–H groups in total. The molecule has 1 aromatic carbocycles. The minimum Gasteiger partial charge on any atom is -0.252 e. The first-order valence-corrected chi connectivity index (χ1v) is 5.56. The van der Waals surface area contributed by atoms with E-state index in [4.69, 9.17) is 11.6 Å². The lowest BCUT2D eigenvalue weighted by Crippen LogP contribution is -1.94. The fourth-order valence-electron chi connectivity index (χ4n) is 1.36. The van der Waals surface area contributed by atoms with Crippen LogP contribution in [0.4, 0.5) is 8.78 Å². The van der Waals surface area contributed by atoms with E-state index in [0.29, 0.717) is 9.26 Å². The quantitative estimate of drug-likeness (QED) is 0.659. The molecule has 0 aliphatic carbocycles. The standard InChI is InChI=1S/C10H5ClF2IN/c1-4-10(14)9(11)8-6(13)2-5(12)3-7(8)15-4/h2-3H,1H3. The Morgan fingerprint density at radius 1 is 1.33 bits per heavy atom. The fourth-order valence-corrected chi connectivity index (χ4v) is 2.08. The van der Waals surface area contributed by atoms with Gasteiger partial charge in [0.05, 0.1) is 25.2 Å². The summed E-state index contributed by atoms with van der Waals surface area (Å²) in [6, 6.07) is 1.98. The molecule has 2 rings (SSSR count). The number of fused-ring (bicyclic) bond motifs is 1. The van der Waals surface area contributed by atoms with Gasteiger partial charge in [-0.3, -0.25) is 4.98 Å². The third kappa shape index (κ3) is 1.80. The van der Waals surface area contributed by atoms with Crippen molar-refractivity contribution in [2.75, 3.05) is 0 Å². The van der Waals surface area contributed by atoms with Gasteiger partial charge in [0.25, 0.3) is 0 Å². The summed E-state index contributed by atoms with van der Waals surface area (Å²) in [5, 5.41) is 0.462. The third-order valence-electron chi connectivity index (χ3n) is 2.05. The molecular weight excluding hydrogens is 334 g/mol. The molecule has 0 amide bonds. The normalized spacial score (nSPS) is 11.0. The highest BCUT2D eigenvalue weighted by atomic mass is 127. The van der Waals surface area contributed by atoms with Gasteiger partial charge in [0.15, 0.2) is 0 Å². The molecule has 0 spiro atoms. The molecular formula is C10H5ClF2IN. The average molecular weight is 340 g/mol. The minimum absolute atomic E-state index is 0.174. The zero-order valence-electron chi connectivity index (χ0n) is 7.61. The zero-order chi connectivity index (χ0) is 11.2. The van der Waals surface area contributed by atoms with E-state index in [9.17, 15) is 8.78 Å². The summed E-state index contributed by atoms with van der Waals surface area (Å²) in [5.74, 6) is -1.33. The molecule has 0 atom stereocenters. The molecule has 0 unspecified atom stereocenters. The molecule has 78 valence electrons. The van der Waals surface area contributed by atoms with Crippen LogP contribution >= 0.6 is 34.2 Å². The fraction of sp³-hybridized carbons (Fsp3) is 0.100. The van der Waals surface area contributed by atoms with Crippen LogP contribution in [0.3, 0.4) is 0 Å². The summed E-state index contributed by atoms with van der Waals surface area (Å²) < 4.78 is 27.1. The van der Waals surface area contributed by atoms with Gasteiger partial charge in [-0.2, -0.15) is 0 Å². The second-order valence-electron chi connectivity index (χ2n) is 3.11. The van der Waals surface area contributed by atoms with Crippen molar-refractivity contribution in [2.45, 2.75) is 6.92 Å². The number of hydrogen-bond acceptors (Lipinski definition) is 1. The SMILES string of the molecule is Cc1nc2cc(F)cc(F)c2c(Cl)c1I. The Morgan fingerprint density at radius 2 is 2.00 bits per heavy atom. The lowest BCUT2D eigenvalue weighted by atomic mass is 10.2. The van der Waals surface area contributed by atoms with Crippen molar-refractivity contribution in [3.8, 4) is 0 Å². The molecule has 5 heteroatoms. The van der Waals surface area contributed by atoms with Gasteiger partial charge in [0.1, 0.15) is 11.6 Å². The van der Waals surface area contributed by atoms with Crippen LogP contribution < -0.4 is 0 Å². The number of halogens is 4. The van der Waals surface area contributed by atoms with Crippen molar-refractivity contribution in [1.29, 1.82) is 0 Å². The number of pyridine rings is 1. The maximum absolute atomic E-state index is 13.5. The highest BCUT2D eigenvalue weighted by molar-refractivity contribution is 14.1. The summed E-state index contributed by atoms with van der Waals surface area (Å²) >= 11 is 7.97. The van der Waals surface area contributed by atoms with Gasteiger partial charge in [0.2, 0.25) is 0 Å². The van der Waals surface area contributed by atoms with Crippen molar-refractivity contribution in [1.82, 2.24) is 4.98 Å². The van der Waals surface area contributed by atoms with Crippen molar-refractivity contribution in [3.63, 3.8) is 0 Å². The van der Waals surface area contributed by atoms with Gasteiger partial charge in [-0.15, -0.1) is 0 Å². The van der Waals surface area contributed by atoms with E-state index in [1.807, 2.05) is 22.6 Å². The van der Waals surface area contributed by atoms with Crippen LogP contribution in [0.15, 0.2) is 12.1 Å². The molecule has 0 radical (unpaired) electrons. The van der Waals surface area contributed by atoms with Gasteiger partial charge in [-0.1, -0.05) is 11.6 Å². The average Bonchev–Trinajstić information content (AvgIpc) is 2.13. The molecule has 1 heterocycles. The smallest absolute Gasteiger partial charge is 0.137 e. The summed E-state index contributed by atoms with van der Waals surface area (Å²) in [6.45, 7) is 1.75. The zero-order valence-corrected chi connectivity index (χ0v) is 10.5. The summed E-state index contributed by atoms with van der Waals surface area (Å²) in [4.78, 5) is 4.09. The first kappa shape index (κ1) is 11.0. The van der Waals surface area contributed by atoms with Crippen molar-refractivity contribution in [2.24, 2.45) is 0 Å². The number of nitrogens with zero attached hydrogens (tertiary/aromatic N) is 1. The summed E-state index contributed by atoms with van der Waals surface area (Å²) in [7, 11) is 0. The van der Waals surface area contributed by atoms with Gasteiger partial charge < -0.3 is 0 Å². The second kappa shape index (κ2) is 3.83. The molecule has 0 aliphatic heterocycles. The van der Waals surface area contributed by atoms with Crippen LogP contribution in [-0.2, 0) is 0 Å². The molecule has 0 fully saturated rings. The first-order chi connectivity index (χ1) is 7.00. The number of rotatable bonds is 0. The Bertz CT molecular complexity index is 557. The molecule has 0 saturated carbocycles. The van der Waals surface area contributed by atoms with Crippen molar-refractivity contribution >= 4 is 45.1 Å². The minimum atomic E-state index is -0.680. The second-order valence-corrected chi connectivity index (χ2v) is 4.56. The van der Waals surface area contributed by atoms with Gasteiger partial charge in [-0.05, 0) is 29.5 Å². The lowest BCUT2D eigenvalue weighted by Gasteiger charge is -2.06. The first-order valence-electron chi connectivity index (χ1n) is 4.11. The van der Waals surface area contributed by atoms with E-state index in [1.165, 1.54) is 6.07 Å². The van der Waals surface area contributed by atoms with E-state index in [1.54, 1.807) is 6.92 Å². The Kier molecular flexibility index (Phi) is 2.81. The number of aryl methyl sites for hydroxylation is 1. The lowest BCUT2D eigenvalue weighted by molar-refractivity contribution is 0.591. The van der Waals surface area contributed by atoms with E-state index >= 15 is 0 Å². The molecule has 2 aromatic rings. The Balaban J connectivity index is 2.99. The van der Waals surface area contributed by atoms with Crippen LogP contribution in [-0.4, -0.2) is 4.98 Å². The highest BCUT2D eigenvalue weighted by Crippen LogP contribution is 2.31. The maximum atomic E-state index is 13.5. The topological polar surface area (TPSA) is 12.9 Å². The largest absolute Gasteiger partial charge is 0.252 e. The molecule has 0 saturated heterocycles. The summed E-state index contributed by atoms with van der Waals surface area (Å²) in [5.41, 5.74) is 0.911. The molecule has 0 aliphatic rings. The Morgan fingerprint density at radius 3 is 2.67 bits per heavy atom. The van der Waals surface area contributed by atoms with Crippen LogP contribution in [0.25, 0.3) is 10.9 Å². The van der Waals surface area contributed by atoms with E-state index < -0.39 is 11.6 Å². The van der Waals surface area contributed by atoms with Gasteiger partial charge in [0, 0.05) is 12.1 Å². The highest BCUT2D eigenvalue weighted by Gasteiger charge is 2.13. The van der Waals surface area contributed by atoms with Crippen LogP contribution in [0.1, 0.15) is 5.69 Å². The number of benzene rings is 1. The van der Waals surface area contributed by atoms with Crippen molar-refractivity contribution < 1.29 is 8.78 Å². The molecule has 15 heavy (non-hydrogen) atoms. The van der Waals surface area contributed by atoms with Crippen LogP contribution in [0.5, 0.6) is 0 Å². The van der Waals surface area contributed by atoms with Crippen LogP contribution in [0, 0.1) is 22.1 Å². The predicted octanol–water partition coefficient (Wildman–Crippen LogP) is 4.08. The van der Waals surface area contributed by atoms with Crippen LogP contribution in [0.2, 0.25) is 5.02 Å². The van der Waals surface area contributed by atoms with Gasteiger partial charge >= 0.3 is 0 Å². The third-order valence-corrected chi connectivity index (χ3v) is 4.07. The molecule has 1 nitrogen and oxygen atoms in total. The Hall–Kier alpha value is -0.490. The molecule has 0 bridgehead atoms. The van der Waals surface area contributed by atoms with Crippen molar-refractivity contribution in [3.05, 3.63) is 38.1 Å². The number of aromatic nitrogens is 1. The van der Waals surface area contributed by atoms with Gasteiger partial charge in [-0.25, -0.2) is 8.78 Å². The van der Waals surface area contributed by atoms with E-state index in [0.717, 1.165) is 6.07 Å². The predicted molar refractivity (Wildman–Crippen MR) is 64.1 cm³/mol. The van der Waals surface area contributed by atoms with E-state index in [2.05, 4.69) is 4.98 Å². The summed E-state index contributed by atoms with van der Waals surface area (Å²) in [6.07, 6.45) is 0. The monoisotopic (exact) mass is 339 g/mol.